The van der Waals surface area contributed by atoms with Crippen LogP contribution in [0.2, 0.25) is 0 Å². The number of nitrogen functional groups attached to an aromatic ring is 1. The number of carbonyl (C=O) groups is 1. The van der Waals surface area contributed by atoms with Gasteiger partial charge in [0.25, 0.3) is 0 Å². The lowest BCUT2D eigenvalue weighted by Gasteiger charge is -2.23. The molecule has 8 heteroatoms. The number of ketones is 1. The summed E-state index contributed by atoms with van der Waals surface area (Å²) in [5.41, 5.74) is 8.15. The SMILES string of the molecule is CCCc1cc(C(=O)c2sc(Nc3ccc(OCC(C)N4CCCC4)cc3)nc2N)ccc1O. The molecule has 4 N–H and O–H groups in total. The van der Waals surface area contributed by atoms with E-state index in [1.807, 2.05) is 31.2 Å². The third-order valence-corrected chi connectivity index (χ3v) is 7.07. The lowest BCUT2D eigenvalue weighted by molar-refractivity contribution is 0.104. The average molecular weight is 481 g/mol. The molecule has 1 unspecified atom stereocenters. The number of anilines is 3. The number of carbonyl (C=O) groups excluding carboxylic acids is 1. The maximum absolute atomic E-state index is 13.0. The first-order chi connectivity index (χ1) is 16.4. The zero-order valence-electron chi connectivity index (χ0n) is 19.7. The van der Waals surface area contributed by atoms with E-state index in [9.17, 15) is 9.90 Å². The number of benzene rings is 2. The van der Waals surface area contributed by atoms with Crippen LogP contribution in [0.25, 0.3) is 0 Å². The summed E-state index contributed by atoms with van der Waals surface area (Å²) >= 11 is 1.22. The first kappa shape index (κ1) is 24.0. The standard InChI is InChI=1S/C26H32N4O3S/c1-3-6-18-15-19(7-12-22(18)31)23(32)24-25(27)29-26(34-24)28-20-8-10-21(11-9-20)33-16-17(2)30-13-4-5-14-30/h7-12,15,17,31H,3-6,13-14,16,27H2,1-2H3,(H,28,29). The second kappa shape index (κ2) is 10.9. The summed E-state index contributed by atoms with van der Waals surface area (Å²) in [6, 6.07) is 13.0. The molecular formula is C26H32N4O3S. The van der Waals surface area contributed by atoms with E-state index in [1.54, 1.807) is 18.2 Å². The van der Waals surface area contributed by atoms with E-state index in [0.717, 1.165) is 36.5 Å². The zero-order chi connectivity index (χ0) is 24.1. The van der Waals surface area contributed by atoms with Crippen LogP contribution in [0, 0.1) is 0 Å². The van der Waals surface area contributed by atoms with Crippen molar-refractivity contribution in [3.63, 3.8) is 0 Å². The van der Waals surface area contributed by atoms with E-state index >= 15 is 0 Å². The predicted molar refractivity (Wildman–Crippen MR) is 138 cm³/mol. The highest BCUT2D eigenvalue weighted by atomic mass is 32.1. The highest BCUT2D eigenvalue weighted by molar-refractivity contribution is 7.18. The first-order valence-electron chi connectivity index (χ1n) is 11.8. The lowest BCUT2D eigenvalue weighted by Crippen LogP contribution is -2.34. The largest absolute Gasteiger partial charge is 0.508 e. The molecule has 7 nitrogen and oxygen atoms in total. The molecule has 2 aromatic carbocycles. The Kier molecular flexibility index (Phi) is 7.70. The normalized spacial score (nSPS) is 14.8. The van der Waals surface area contributed by atoms with Gasteiger partial charge in [-0.2, -0.15) is 0 Å². The number of rotatable bonds is 10. The minimum absolute atomic E-state index is 0.193. The number of aryl methyl sites for hydroxylation is 1. The van der Waals surface area contributed by atoms with Gasteiger partial charge >= 0.3 is 0 Å². The molecule has 0 aliphatic carbocycles. The predicted octanol–water partition coefficient (Wildman–Crippen LogP) is 5.22. The minimum Gasteiger partial charge on any atom is -0.508 e. The number of nitrogens with two attached hydrogens (primary N) is 1. The Labute approximate surface area is 204 Å². The Hall–Kier alpha value is -3.10. The number of phenolic OH excluding ortho intramolecular Hbond substituents is 1. The van der Waals surface area contributed by atoms with Crippen LogP contribution in [0.5, 0.6) is 11.5 Å². The van der Waals surface area contributed by atoms with Crippen molar-refractivity contribution in [1.82, 2.24) is 9.88 Å². The Balaban J connectivity index is 1.38. The summed E-state index contributed by atoms with van der Waals surface area (Å²) in [5, 5.41) is 13.8. The Morgan fingerprint density at radius 3 is 2.68 bits per heavy atom. The minimum atomic E-state index is -0.198. The van der Waals surface area contributed by atoms with E-state index in [4.69, 9.17) is 10.5 Å². The van der Waals surface area contributed by atoms with Crippen LogP contribution in [0.3, 0.4) is 0 Å². The number of aromatic hydroxyl groups is 1. The number of nitrogens with zero attached hydrogens (tertiary/aromatic N) is 2. The molecule has 2 heterocycles. The van der Waals surface area contributed by atoms with Crippen molar-refractivity contribution < 1.29 is 14.6 Å². The Morgan fingerprint density at radius 1 is 1.24 bits per heavy atom. The van der Waals surface area contributed by atoms with Crippen molar-refractivity contribution in [3.05, 3.63) is 58.5 Å². The van der Waals surface area contributed by atoms with E-state index in [1.165, 1.54) is 24.2 Å². The van der Waals surface area contributed by atoms with Gasteiger partial charge in [-0.3, -0.25) is 9.69 Å². The summed E-state index contributed by atoms with van der Waals surface area (Å²) in [4.78, 5) is 20.2. The molecule has 1 aromatic heterocycles. The third-order valence-electron chi connectivity index (χ3n) is 6.08. The molecule has 34 heavy (non-hydrogen) atoms. The van der Waals surface area contributed by atoms with Crippen molar-refractivity contribution >= 4 is 33.8 Å². The number of likely N-dealkylation sites (tertiary alicyclic amines) is 1. The van der Waals surface area contributed by atoms with Crippen molar-refractivity contribution in [3.8, 4) is 11.5 Å². The van der Waals surface area contributed by atoms with Crippen LogP contribution in [0.4, 0.5) is 16.6 Å². The maximum atomic E-state index is 13.0. The van der Waals surface area contributed by atoms with Crippen LogP contribution in [-0.2, 0) is 6.42 Å². The van der Waals surface area contributed by atoms with Gasteiger partial charge < -0.3 is 20.9 Å². The van der Waals surface area contributed by atoms with Gasteiger partial charge in [-0.15, -0.1) is 0 Å². The molecule has 1 saturated heterocycles. The van der Waals surface area contributed by atoms with Gasteiger partial charge in [-0.1, -0.05) is 24.7 Å². The molecule has 1 fully saturated rings. The van der Waals surface area contributed by atoms with Crippen molar-refractivity contribution in [2.75, 3.05) is 30.7 Å². The molecule has 0 spiro atoms. The summed E-state index contributed by atoms with van der Waals surface area (Å²) in [6.07, 6.45) is 4.13. The molecule has 0 saturated carbocycles. The van der Waals surface area contributed by atoms with Crippen molar-refractivity contribution in [2.45, 2.75) is 45.6 Å². The lowest BCUT2D eigenvalue weighted by atomic mass is 10.0. The highest BCUT2D eigenvalue weighted by Crippen LogP contribution is 2.31. The smallest absolute Gasteiger partial charge is 0.206 e. The van der Waals surface area contributed by atoms with Gasteiger partial charge in [-0.05, 0) is 87.3 Å². The first-order valence-corrected chi connectivity index (χ1v) is 12.6. The van der Waals surface area contributed by atoms with Crippen LogP contribution < -0.4 is 15.8 Å². The topological polar surface area (TPSA) is 101 Å². The molecule has 0 amide bonds. The fourth-order valence-electron chi connectivity index (χ4n) is 4.14. The zero-order valence-corrected chi connectivity index (χ0v) is 20.5. The summed E-state index contributed by atoms with van der Waals surface area (Å²) in [5.74, 6) is 1.02. The van der Waals surface area contributed by atoms with Gasteiger partial charge in [0.2, 0.25) is 5.78 Å². The van der Waals surface area contributed by atoms with E-state index in [-0.39, 0.29) is 17.4 Å². The maximum Gasteiger partial charge on any atom is 0.206 e. The van der Waals surface area contributed by atoms with Crippen LogP contribution in [0.1, 0.15) is 53.9 Å². The van der Waals surface area contributed by atoms with Gasteiger partial charge in [0.15, 0.2) is 5.13 Å². The summed E-state index contributed by atoms with van der Waals surface area (Å²) < 4.78 is 5.96. The number of nitrogens with one attached hydrogen (secondary N) is 1. The van der Waals surface area contributed by atoms with Gasteiger partial charge in [0.05, 0.1) is 0 Å². The molecule has 1 aliphatic heterocycles. The van der Waals surface area contributed by atoms with E-state index in [0.29, 0.717) is 34.6 Å². The molecule has 0 bridgehead atoms. The van der Waals surface area contributed by atoms with E-state index in [2.05, 4.69) is 22.1 Å². The van der Waals surface area contributed by atoms with E-state index < -0.39 is 0 Å². The molecule has 0 radical (unpaired) electrons. The quantitative estimate of drug-likeness (QED) is 0.342. The number of aromatic nitrogens is 1. The molecule has 1 aliphatic rings. The fraction of sp³-hybridized carbons (Fsp3) is 0.385. The van der Waals surface area contributed by atoms with Crippen LogP contribution in [0.15, 0.2) is 42.5 Å². The second-order valence-electron chi connectivity index (χ2n) is 8.71. The van der Waals surface area contributed by atoms with Crippen molar-refractivity contribution in [2.24, 2.45) is 0 Å². The van der Waals surface area contributed by atoms with Gasteiger partial charge in [0, 0.05) is 17.3 Å². The fourth-order valence-corrected chi connectivity index (χ4v) is 5.01. The number of ether oxygens (including phenoxy) is 1. The molecular weight excluding hydrogens is 448 g/mol. The molecule has 3 aromatic rings. The molecule has 1 atom stereocenters. The molecule has 180 valence electrons. The van der Waals surface area contributed by atoms with Gasteiger partial charge in [-0.25, -0.2) is 4.98 Å². The van der Waals surface area contributed by atoms with Crippen molar-refractivity contribution in [1.29, 1.82) is 0 Å². The average Bonchev–Trinajstić information content (AvgIpc) is 3.50. The molecule has 4 rings (SSSR count). The highest BCUT2D eigenvalue weighted by Gasteiger charge is 2.20. The summed E-state index contributed by atoms with van der Waals surface area (Å²) in [6.45, 7) is 7.21. The summed E-state index contributed by atoms with van der Waals surface area (Å²) in [7, 11) is 0. The monoisotopic (exact) mass is 480 g/mol. The third kappa shape index (κ3) is 5.69. The second-order valence-corrected chi connectivity index (χ2v) is 9.71. The van der Waals surface area contributed by atoms with Crippen LogP contribution >= 0.6 is 11.3 Å². The van der Waals surface area contributed by atoms with Gasteiger partial charge in [0.1, 0.15) is 28.8 Å². The number of phenols is 1. The number of hydrogen-bond donors (Lipinski definition) is 3. The number of thiazole rings is 1. The Morgan fingerprint density at radius 2 is 1.97 bits per heavy atom. The van der Waals surface area contributed by atoms with Crippen LogP contribution in [-0.4, -0.2) is 46.5 Å². The number of hydrogen-bond acceptors (Lipinski definition) is 8. The Bertz CT molecular complexity index is 1120.